The van der Waals surface area contributed by atoms with E-state index in [-0.39, 0.29) is 0 Å². The van der Waals surface area contributed by atoms with Crippen LogP contribution in [0.15, 0.2) is 12.1 Å². The van der Waals surface area contributed by atoms with E-state index in [9.17, 15) is 0 Å². The molecule has 3 rings (SSSR count). The number of aryl methyl sites for hydroxylation is 1. The summed E-state index contributed by atoms with van der Waals surface area (Å²) in [5, 5.41) is 3.98. The minimum absolute atomic E-state index is 0.452. The van der Waals surface area contributed by atoms with Crippen molar-refractivity contribution in [1.82, 2.24) is 5.32 Å². The predicted molar refractivity (Wildman–Crippen MR) is 83.6 cm³/mol. The Labute approximate surface area is 121 Å². The van der Waals surface area contributed by atoms with Gasteiger partial charge in [-0.15, -0.1) is 11.3 Å². The summed E-state index contributed by atoms with van der Waals surface area (Å²) in [6.45, 7) is 12.0. The van der Waals surface area contributed by atoms with Gasteiger partial charge < -0.3 is 5.32 Å². The van der Waals surface area contributed by atoms with Crippen molar-refractivity contribution >= 4 is 11.3 Å². The summed E-state index contributed by atoms with van der Waals surface area (Å²) < 4.78 is 0. The van der Waals surface area contributed by atoms with E-state index in [1.165, 1.54) is 29.0 Å². The lowest BCUT2D eigenvalue weighted by molar-refractivity contribution is 0.101. The molecule has 2 unspecified atom stereocenters. The van der Waals surface area contributed by atoms with Gasteiger partial charge in [-0.1, -0.05) is 20.8 Å². The Bertz CT molecular complexity index is 471. The summed E-state index contributed by atoms with van der Waals surface area (Å²) in [5.74, 6) is 0.923. The zero-order chi connectivity index (χ0) is 13.8. The van der Waals surface area contributed by atoms with Crippen molar-refractivity contribution in [3.05, 3.63) is 21.9 Å². The smallest absolute Gasteiger partial charge is 0.0388 e. The molecule has 1 nitrogen and oxygen atoms in total. The minimum atomic E-state index is 0.452. The molecule has 2 aliphatic rings. The highest BCUT2D eigenvalue weighted by Crippen LogP contribution is 2.62. The van der Waals surface area contributed by atoms with Gasteiger partial charge in [-0.05, 0) is 62.0 Å². The zero-order valence-corrected chi connectivity index (χ0v) is 13.7. The van der Waals surface area contributed by atoms with Gasteiger partial charge in [0.2, 0.25) is 0 Å². The topological polar surface area (TPSA) is 12.0 Å². The third kappa shape index (κ3) is 2.08. The van der Waals surface area contributed by atoms with Crippen LogP contribution in [0.1, 0.15) is 62.8 Å². The van der Waals surface area contributed by atoms with Gasteiger partial charge in [0.1, 0.15) is 0 Å². The number of hydrogen-bond donors (Lipinski definition) is 1. The molecule has 106 valence electrons. The summed E-state index contributed by atoms with van der Waals surface area (Å²) in [6.07, 6.45) is 4.27. The molecule has 2 heteroatoms. The second kappa shape index (κ2) is 4.33. The molecule has 1 N–H and O–H groups in total. The lowest BCUT2D eigenvalue weighted by Gasteiger charge is -2.44. The predicted octanol–water partition coefficient (Wildman–Crippen LogP) is 4.92. The summed E-state index contributed by atoms with van der Waals surface area (Å²) >= 11 is 1.94. The molecular formula is C17H27NS. The number of fused-ring (bicyclic) bond motifs is 2. The van der Waals surface area contributed by atoms with Gasteiger partial charge in [-0.25, -0.2) is 0 Å². The second-order valence-electron chi connectivity index (χ2n) is 7.68. The molecule has 2 saturated carbocycles. The van der Waals surface area contributed by atoms with Crippen molar-refractivity contribution in [3.8, 4) is 0 Å². The van der Waals surface area contributed by atoms with Crippen LogP contribution in [0.4, 0.5) is 0 Å². The molecule has 1 heterocycles. The van der Waals surface area contributed by atoms with E-state index in [1.807, 2.05) is 11.3 Å². The third-order valence-electron chi connectivity index (χ3n) is 5.87. The van der Waals surface area contributed by atoms with E-state index in [2.05, 4.69) is 52.1 Å². The van der Waals surface area contributed by atoms with Gasteiger partial charge in [0.25, 0.3) is 0 Å². The number of rotatable bonds is 3. The summed E-state index contributed by atoms with van der Waals surface area (Å²) in [6, 6.07) is 5.68. The minimum Gasteiger partial charge on any atom is -0.306 e. The van der Waals surface area contributed by atoms with Crippen LogP contribution in [0.3, 0.4) is 0 Å². The van der Waals surface area contributed by atoms with Crippen LogP contribution in [0.25, 0.3) is 0 Å². The number of nitrogens with one attached hydrogen (secondary N) is 1. The first kappa shape index (κ1) is 13.6. The Hall–Kier alpha value is -0.340. The monoisotopic (exact) mass is 277 g/mol. The van der Waals surface area contributed by atoms with Gasteiger partial charge in [-0.2, -0.15) is 0 Å². The van der Waals surface area contributed by atoms with Crippen LogP contribution in [0.5, 0.6) is 0 Å². The molecule has 0 spiro atoms. The Kier molecular flexibility index (Phi) is 3.10. The average molecular weight is 277 g/mol. The Balaban J connectivity index is 1.79. The van der Waals surface area contributed by atoms with Gasteiger partial charge >= 0.3 is 0 Å². The molecule has 2 aliphatic carbocycles. The molecule has 2 fully saturated rings. The molecule has 2 bridgehead atoms. The quantitative estimate of drug-likeness (QED) is 0.826. The van der Waals surface area contributed by atoms with Crippen molar-refractivity contribution in [2.75, 3.05) is 0 Å². The lowest BCUT2D eigenvalue weighted by atomic mass is 9.68. The SMILES string of the molecule is Cc1ccc(C(C)NC2C(C)(C)[C@H]3CC[C@]2(C)C3)s1. The second-order valence-corrected chi connectivity index (χ2v) is 9.00. The molecule has 19 heavy (non-hydrogen) atoms. The highest BCUT2D eigenvalue weighted by atomic mass is 32.1. The van der Waals surface area contributed by atoms with Gasteiger partial charge in [0.05, 0.1) is 0 Å². The third-order valence-corrected chi connectivity index (χ3v) is 7.06. The Morgan fingerprint density at radius 3 is 2.58 bits per heavy atom. The molecule has 1 aromatic rings. The fraction of sp³-hybridized carbons (Fsp3) is 0.765. The number of hydrogen-bond acceptors (Lipinski definition) is 2. The van der Waals surface area contributed by atoms with Crippen molar-refractivity contribution in [2.45, 2.75) is 66.0 Å². The maximum atomic E-state index is 3.98. The van der Waals surface area contributed by atoms with E-state index >= 15 is 0 Å². The molecular weight excluding hydrogens is 250 g/mol. The molecule has 0 aromatic carbocycles. The van der Waals surface area contributed by atoms with Crippen molar-refractivity contribution < 1.29 is 0 Å². The Morgan fingerprint density at radius 2 is 2.05 bits per heavy atom. The van der Waals surface area contributed by atoms with E-state index in [0.717, 1.165) is 5.92 Å². The van der Waals surface area contributed by atoms with Crippen molar-refractivity contribution in [1.29, 1.82) is 0 Å². The highest BCUT2D eigenvalue weighted by molar-refractivity contribution is 7.12. The first-order chi connectivity index (χ1) is 8.83. The van der Waals surface area contributed by atoms with Crippen molar-refractivity contribution in [2.24, 2.45) is 16.7 Å². The van der Waals surface area contributed by atoms with E-state index in [4.69, 9.17) is 0 Å². The lowest BCUT2D eigenvalue weighted by Crippen LogP contribution is -2.50. The fourth-order valence-corrected chi connectivity index (χ4v) is 5.63. The molecule has 0 radical (unpaired) electrons. The molecule has 0 aliphatic heterocycles. The highest BCUT2D eigenvalue weighted by Gasteiger charge is 2.59. The molecule has 0 amide bonds. The van der Waals surface area contributed by atoms with Gasteiger partial charge in [0, 0.05) is 21.8 Å². The van der Waals surface area contributed by atoms with Crippen LogP contribution in [0.2, 0.25) is 0 Å². The van der Waals surface area contributed by atoms with Crippen LogP contribution in [-0.4, -0.2) is 6.04 Å². The molecule has 1 aromatic heterocycles. The summed E-state index contributed by atoms with van der Waals surface area (Å²) in [7, 11) is 0. The number of thiophene rings is 1. The van der Waals surface area contributed by atoms with Crippen LogP contribution < -0.4 is 5.32 Å². The average Bonchev–Trinajstić information content (AvgIpc) is 2.96. The van der Waals surface area contributed by atoms with Gasteiger partial charge in [0.15, 0.2) is 0 Å². The Morgan fingerprint density at radius 1 is 1.32 bits per heavy atom. The maximum absolute atomic E-state index is 3.98. The van der Waals surface area contributed by atoms with E-state index in [1.54, 1.807) is 0 Å². The summed E-state index contributed by atoms with van der Waals surface area (Å²) in [4.78, 5) is 2.90. The van der Waals surface area contributed by atoms with Crippen LogP contribution in [0, 0.1) is 23.7 Å². The molecule has 0 saturated heterocycles. The summed E-state index contributed by atoms with van der Waals surface area (Å²) in [5.41, 5.74) is 0.974. The maximum Gasteiger partial charge on any atom is 0.0388 e. The van der Waals surface area contributed by atoms with Crippen LogP contribution >= 0.6 is 11.3 Å². The largest absolute Gasteiger partial charge is 0.306 e. The molecule has 4 atom stereocenters. The fourth-order valence-electron chi connectivity index (χ4n) is 4.74. The normalized spacial score (nSPS) is 37.7. The first-order valence-corrected chi connectivity index (χ1v) is 8.47. The van der Waals surface area contributed by atoms with Crippen molar-refractivity contribution in [3.63, 3.8) is 0 Å². The standard InChI is InChI=1S/C17H27NS/c1-11-6-7-14(19-11)12(2)18-15-16(3,4)13-8-9-17(15,5)10-13/h6-7,12-13,15,18H,8-10H2,1-5H3/t12?,13-,15?,17+/m0/s1. The first-order valence-electron chi connectivity index (χ1n) is 7.65. The van der Waals surface area contributed by atoms with E-state index in [0.29, 0.717) is 22.9 Å². The van der Waals surface area contributed by atoms with E-state index < -0.39 is 0 Å². The van der Waals surface area contributed by atoms with Gasteiger partial charge in [-0.3, -0.25) is 0 Å². The van der Waals surface area contributed by atoms with Crippen LogP contribution in [-0.2, 0) is 0 Å². The zero-order valence-electron chi connectivity index (χ0n) is 12.9.